The molecule has 0 aliphatic carbocycles. The van der Waals surface area contributed by atoms with E-state index in [1.54, 1.807) is 11.3 Å². The lowest BCUT2D eigenvalue weighted by Crippen LogP contribution is -2.42. The maximum atomic E-state index is 11.7. The number of nitrogens with one attached hydrogen (secondary N) is 1. The number of rotatable bonds is 5. The van der Waals surface area contributed by atoms with Gasteiger partial charge in [0.15, 0.2) is 6.61 Å². The summed E-state index contributed by atoms with van der Waals surface area (Å²) < 4.78 is 6.08. The Morgan fingerprint density at radius 1 is 1.27 bits per heavy atom. The number of amides is 1. The van der Waals surface area contributed by atoms with Gasteiger partial charge < -0.3 is 10.1 Å². The molecule has 0 bridgehead atoms. The average molecular weight is 320 g/mol. The first kappa shape index (κ1) is 16.4. The lowest BCUT2D eigenvalue weighted by atomic mass is 10.1. The van der Waals surface area contributed by atoms with Crippen molar-refractivity contribution in [2.75, 3.05) is 6.61 Å². The van der Waals surface area contributed by atoms with Crippen molar-refractivity contribution in [3.05, 3.63) is 29.3 Å². The van der Waals surface area contributed by atoms with Crippen molar-refractivity contribution in [3.8, 4) is 0 Å². The van der Waals surface area contributed by atoms with Crippen LogP contribution in [0.3, 0.4) is 0 Å². The molecule has 0 atom stereocenters. The van der Waals surface area contributed by atoms with Crippen molar-refractivity contribution in [2.24, 2.45) is 0 Å². The van der Waals surface area contributed by atoms with Gasteiger partial charge in [-0.2, -0.15) is 0 Å². The van der Waals surface area contributed by atoms with E-state index < -0.39 is 0 Å². The minimum absolute atomic E-state index is 0.225. The molecule has 0 aliphatic heterocycles. The quantitative estimate of drug-likeness (QED) is 0.860. The Morgan fingerprint density at radius 3 is 2.68 bits per heavy atom. The van der Waals surface area contributed by atoms with E-state index in [9.17, 15) is 9.59 Å². The Bertz CT molecular complexity index is 640. The molecule has 0 radical (unpaired) electrons. The van der Waals surface area contributed by atoms with E-state index in [1.165, 1.54) is 0 Å². The molecule has 2 aromatic rings. The standard InChI is InChI=1S/C16H20N2O3S/c1-16(2,3)18-13(19)10-21-15(20)9-8-14-17-11-6-4-5-7-12(11)22-14/h4-7H,8-10H2,1-3H3,(H,18,19). The predicted molar refractivity (Wildman–Crippen MR) is 86.8 cm³/mol. The largest absolute Gasteiger partial charge is 0.456 e. The first-order chi connectivity index (χ1) is 10.3. The van der Waals surface area contributed by atoms with Crippen LogP contribution < -0.4 is 5.32 Å². The number of esters is 1. The van der Waals surface area contributed by atoms with Crippen LogP contribution in [-0.2, 0) is 20.7 Å². The second kappa shape index (κ2) is 6.87. The highest BCUT2D eigenvalue weighted by Crippen LogP contribution is 2.22. The summed E-state index contributed by atoms with van der Waals surface area (Å²) >= 11 is 1.57. The van der Waals surface area contributed by atoms with Gasteiger partial charge in [0.25, 0.3) is 5.91 Å². The summed E-state index contributed by atoms with van der Waals surface area (Å²) in [6.45, 7) is 5.38. The van der Waals surface area contributed by atoms with Crippen molar-refractivity contribution < 1.29 is 14.3 Å². The molecule has 6 heteroatoms. The number of hydrogen-bond donors (Lipinski definition) is 1. The predicted octanol–water partition coefficient (Wildman–Crippen LogP) is 2.69. The van der Waals surface area contributed by atoms with Crippen molar-refractivity contribution in [3.63, 3.8) is 0 Å². The summed E-state index contributed by atoms with van der Waals surface area (Å²) in [7, 11) is 0. The van der Waals surface area contributed by atoms with Gasteiger partial charge in [-0.1, -0.05) is 12.1 Å². The van der Waals surface area contributed by atoms with Gasteiger partial charge in [-0.3, -0.25) is 9.59 Å². The van der Waals surface area contributed by atoms with Gasteiger partial charge in [-0.15, -0.1) is 11.3 Å². The number of benzene rings is 1. The fourth-order valence-corrected chi connectivity index (χ4v) is 2.88. The Kier molecular flexibility index (Phi) is 5.13. The fraction of sp³-hybridized carbons (Fsp3) is 0.438. The van der Waals surface area contributed by atoms with E-state index in [1.807, 2.05) is 45.0 Å². The number of carbonyl (C=O) groups excluding carboxylic acids is 2. The molecular formula is C16H20N2O3S. The zero-order valence-corrected chi connectivity index (χ0v) is 13.8. The molecule has 1 amide bonds. The number of aryl methyl sites for hydroxylation is 1. The molecule has 1 N–H and O–H groups in total. The molecule has 22 heavy (non-hydrogen) atoms. The Labute approximate surface area is 133 Å². The third-order valence-electron chi connectivity index (χ3n) is 2.76. The monoisotopic (exact) mass is 320 g/mol. The number of fused-ring (bicyclic) bond motifs is 1. The van der Waals surface area contributed by atoms with E-state index in [-0.39, 0.29) is 30.4 Å². The molecule has 118 valence electrons. The Balaban J connectivity index is 1.77. The number of carbonyl (C=O) groups is 2. The van der Waals surface area contributed by atoms with E-state index in [0.717, 1.165) is 15.2 Å². The maximum Gasteiger partial charge on any atom is 0.306 e. The number of aromatic nitrogens is 1. The van der Waals surface area contributed by atoms with E-state index in [2.05, 4.69) is 10.3 Å². The molecule has 5 nitrogen and oxygen atoms in total. The molecule has 0 fully saturated rings. The second-order valence-electron chi connectivity index (χ2n) is 6.03. The number of para-hydroxylation sites is 1. The summed E-state index contributed by atoms with van der Waals surface area (Å²) in [5.41, 5.74) is 0.616. The van der Waals surface area contributed by atoms with Crippen molar-refractivity contribution >= 4 is 33.4 Å². The maximum absolute atomic E-state index is 11.7. The first-order valence-corrected chi connectivity index (χ1v) is 7.96. The van der Waals surface area contributed by atoms with Crippen LogP contribution in [0.1, 0.15) is 32.2 Å². The summed E-state index contributed by atoms with van der Waals surface area (Å²) in [6, 6.07) is 7.86. The highest BCUT2D eigenvalue weighted by molar-refractivity contribution is 7.18. The minimum Gasteiger partial charge on any atom is -0.456 e. The summed E-state index contributed by atoms with van der Waals surface area (Å²) in [6.07, 6.45) is 0.752. The number of hydrogen-bond acceptors (Lipinski definition) is 5. The van der Waals surface area contributed by atoms with Crippen molar-refractivity contribution in [1.82, 2.24) is 10.3 Å². The molecule has 0 spiro atoms. The summed E-state index contributed by atoms with van der Waals surface area (Å²) in [4.78, 5) is 27.7. The SMILES string of the molecule is CC(C)(C)NC(=O)COC(=O)CCc1nc2ccccc2s1. The van der Waals surface area contributed by atoms with Gasteiger partial charge in [-0.25, -0.2) is 4.98 Å². The molecule has 1 aromatic carbocycles. The third-order valence-corrected chi connectivity index (χ3v) is 3.86. The molecule has 0 saturated carbocycles. The molecule has 0 aliphatic rings. The minimum atomic E-state index is -0.386. The zero-order chi connectivity index (χ0) is 16.2. The van der Waals surface area contributed by atoms with Crippen LogP contribution in [0.15, 0.2) is 24.3 Å². The molecule has 1 heterocycles. The topological polar surface area (TPSA) is 68.3 Å². The number of ether oxygens (including phenoxy) is 1. The zero-order valence-electron chi connectivity index (χ0n) is 13.0. The van der Waals surface area contributed by atoms with Crippen LogP contribution in [0.5, 0.6) is 0 Å². The first-order valence-electron chi connectivity index (χ1n) is 7.14. The smallest absolute Gasteiger partial charge is 0.306 e. The van der Waals surface area contributed by atoms with Crippen LogP contribution in [0.25, 0.3) is 10.2 Å². The van der Waals surface area contributed by atoms with E-state index in [4.69, 9.17) is 4.74 Å². The molecule has 0 saturated heterocycles. The highest BCUT2D eigenvalue weighted by Gasteiger charge is 2.15. The second-order valence-corrected chi connectivity index (χ2v) is 7.15. The lowest BCUT2D eigenvalue weighted by Gasteiger charge is -2.20. The van der Waals surface area contributed by atoms with Gasteiger partial charge in [0.1, 0.15) is 0 Å². The Morgan fingerprint density at radius 2 is 2.00 bits per heavy atom. The normalized spacial score (nSPS) is 11.4. The number of nitrogens with zero attached hydrogens (tertiary/aromatic N) is 1. The summed E-state index contributed by atoms with van der Waals surface area (Å²) in [5, 5.41) is 3.64. The van der Waals surface area contributed by atoms with Gasteiger partial charge in [-0.05, 0) is 32.9 Å². The Hall–Kier alpha value is -1.95. The van der Waals surface area contributed by atoms with Crippen molar-refractivity contribution in [1.29, 1.82) is 0 Å². The molecular weight excluding hydrogens is 300 g/mol. The third kappa shape index (κ3) is 5.11. The van der Waals surface area contributed by atoms with Gasteiger partial charge in [0.05, 0.1) is 21.6 Å². The van der Waals surface area contributed by atoms with Crippen LogP contribution >= 0.6 is 11.3 Å². The molecule has 2 rings (SSSR count). The van der Waals surface area contributed by atoms with E-state index >= 15 is 0 Å². The van der Waals surface area contributed by atoms with Gasteiger partial charge in [0, 0.05) is 12.0 Å². The van der Waals surface area contributed by atoms with Gasteiger partial charge in [0.2, 0.25) is 0 Å². The van der Waals surface area contributed by atoms with Crippen LogP contribution in [0.2, 0.25) is 0 Å². The highest BCUT2D eigenvalue weighted by atomic mass is 32.1. The van der Waals surface area contributed by atoms with Gasteiger partial charge >= 0.3 is 5.97 Å². The van der Waals surface area contributed by atoms with Crippen molar-refractivity contribution in [2.45, 2.75) is 39.2 Å². The number of thiazole rings is 1. The van der Waals surface area contributed by atoms with Crippen LogP contribution in [0.4, 0.5) is 0 Å². The molecule has 0 unspecified atom stereocenters. The fourth-order valence-electron chi connectivity index (χ4n) is 1.91. The molecule has 1 aromatic heterocycles. The summed E-state index contributed by atoms with van der Waals surface area (Å²) in [5.74, 6) is -0.677. The van der Waals surface area contributed by atoms with E-state index in [0.29, 0.717) is 6.42 Å². The average Bonchev–Trinajstić information content (AvgIpc) is 2.84. The van der Waals surface area contributed by atoms with Crippen LogP contribution in [-0.4, -0.2) is 29.0 Å². The van der Waals surface area contributed by atoms with Crippen LogP contribution in [0, 0.1) is 0 Å². The lowest BCUT2D eigenvalue weighted by molar-refractivity contribution is -0.148.